The third-order valence-corrected chi connectivity index (χ3v) is 3.94. The maximum absolute atomic E-state index is 12.8. The fraction of sp³-hybridized carbons (Fsp3) is 0.391. The number of halogens is 1. The van der Waals surface area contributed by atoms with E-state index in [1.807, 2.05) is 41.5 Å². The van der Waals surface area contributed by atoms with Crippen molar-refractivity contribution < 1.29 is 23.8 Å². The minimum atomic E-state index is -0.516. The highest BCUT2D eigenvalue weighted by Gasteiger charge is 2.24. The number of esters is 1. The summed E-state index contributed by atoms with van der Waals surface area (Å²) < 4.78 is 16.7. The van der Waals surface area contributed by atoms with Gasteiger partial charge in [0.2, 0.25) is 0 Å². The lowest BCUT2D eigenvalue weighted by atomic mass is 10.1. The molecule has 0 saturated carbocycles. The summed E-state index contributed by atoms with van der Waals surface area (Å²) in [5, 5.41) is 3.06. The van der Waals surface area contributed by atoms with Crippen LogP contribution in [0.2, 0.25) is 5.02 Å². The van der Waals surface area contributed by atoms with Crippen molar-refractivity contribution in [1.82, 2.24) is 0 Å². The van der Waals surface area contributed by atoms with Crippen molar-refractivity contribution in [2.24, 2.45) is 0 Å². The molecule has 0 aliphatic heterocycles. The Hall–Kier alpha value is -2.73. The van der Waals surface area contributed by atoms with Gasteiger partial charge in [0.25, 0.3) is 5.91 Å². The number of carbonyl (C=O) groups excluding carboxylic acids is 2. The maximum atomic E-state index is 12.8. The number of rotatable bonds is 5. The SMILES string of the molecule is COC(=O)c1ccc(NC(=O)c2cc(Cl)c(OC(C)(C)C)c(OC(C)(C)C)c2)cc1. The quantitative estimate of drug-likeness (QED) is 0.609. The molecule has 0 aliphatic rings. The van der Waals surface area contributed by atoms with Crippen molar-refractivity contribution in [2.75, 3.05) is 12.4 Å². The monoisotopic (exact) mass is 433 g/mol. The molecule has 0 saturated heterocycles. The largest absolute Gasteiger partial charge is 0.484 e. The molecule has 30 heavy (non-hydrogen) atoms. The number of carbonyl (C=O) groups is 2. The number of ether oxygens (including phenoxy) is 3. The second-order valence-electron chi connectivity index (χ2n) is 8.74. The number of methoxy groups -OCH3 is 1. The number of amides is 1. The molecule has 0 spiro atoms. The van der Waals surface area contributed by atoms with Crippen molar-refractivity contribution in [3.05, 3.63) is 52.5 Å². The van der Waals surface area contributed by atoms with Gasteiger partial charge in [-0.1, -0.05) is 11.6 Å². The zero-order chi connectivity index (χ0) is 22.7. The van der Waals surface area contributed by atoms with E-state index >= 15 is 0 Å². The number of hydrogen-bond donors (Lipinski definition) is 1. The van der Waals surface area contributed by atoms with Crippen LogP contribution in [0.3, 0.4) is 0 Å². The van der Waals surface area contributed by atoms with Gasteiger partial charge in [-0.25, -0.2) is 4.79 Å². The minimum Gasteiger partial charge on any atom is -0.484 e. The molecule has 2 rings (SSSR count). The number of anilines is 1. The first-order valence-corrected chi connectivity index (χ1v) is 9.88. The Labute approximate surface area is 182 Å². The summed E-state index contributed by atoms with van der Waals surface area (Å²) in [6.45, 7) is 11.4. The lowest BCUT2D eigenvalue weighted by molar-refractivity contribution is 0.0600. The standard InChI is InChI=1S/C23H28ClNO5/c1-22(2,3)29-18-13-15(12-17(24)19(18)30-23(4,5)6)20(26)25-16-10-8-14(9-11-16)21(27)28-7/h8-13H,1-7H3,(H,25,26). The average Bonchev–Trinajstić information content (AvgIpc) is 2.62. The van der Waals surface area contributed by atoms with E-state index in [9.17, 15) is 9.59 Å². The van der Waals surface area contributed by atoms with E-state index in [1.54, 1.807) is 30.3 Å². The van der Waals surface area contributed by atoms with Crippen molar-refractivity contribution in [2.45, 2.75) is 52.7 Å². The third kappa shape index (κ3) is 6.66. The summed E-state index contributed by atoms with van der Waals surface area (Å²) in [5.41, 5.74) is 0.223. The molecule has 7 heteroatoms. The molecule has 162 valence electrons. The fourth-order valence-corrected chi connectivity index (χ4v) is 2.77. The predicted octanol–water partition coefficient (Wildman–Crippen LogP) is 5.73. The summed E-state index contributed by atoms with van der Waals surface area (Å²) in [5.74, 6) is -0.0453. The Balaban J connectivity index is 2.34. The highest BCUT2D eigenvalue weighted by molar-refractivity contribution is 6.32. The number of nitrogens with one attached hydrogen (secondary N) is 1. The van der Waals surface area contributed by atoms with Gasteiger partial charge in [-0.15, -0.1) is 0 Å². The van der Waals surface area contributed by atoms with Crippen molar-refractivity contribution in [3.8, 4) is 11.5 Å². The van der Waals surface area contributed by atoms with Gasteiger partial charge in [0.05, 0.1) is 17.7 Å². The number of hydrogen-bond acceptors (Lipinski definition) is 5. The normalized spacial score (nSPS) is 11.6. The molecule has 2 aromatic rings. The molecular weight excluding hydrogens is 406 g/mol. The fourth-order valence-electron chi connectivity index (χ4n) is 2.52. The highest BCUT2D eigenvalue weighted by atomic mass is 35.5. The van der Waals surface area contributed by atoms with Crippen LogP contribution < -0.4 is 14.8 Å². The van der Waals surface area contributed by atoms with E-state index in [2.05, 4.69) is 10.1 Å². The molecule has 0 unspecified atom stereocenters. The first kappa shape index (κ1) is 23.5. The van der Waals surface area contributed by atoms with Crippen LogP contribution in [0.4, 0.5) is 5.69 Å². The van der Waals surface area contributed by atoms with Crippen molar-refractivity contribution in [3.63, 3.8) is 0 Å². The summed E-state index contributed by atoms with van der Waals surface area (Å²) in [6.07, 6.45) is 0. The van der Waals surface area contributed by atoms with Gasteiger partial charge in [0.1, 0.15) is 11.2 Å². The Kier molecular flexibility index (Phi) is 7.03. The van der Waals surface area contributed by atoms with Gasteiger partial charge in [0, 0.05) is 11.3 Å². The van der Waals surface area contributed by atoms with E-state index < -0.39 is 17.2 Å². The van der Waals surface area contributed by atoms with E-state index in [-0.39, 0.29) is 10.9 Å². The van der Waals surface area contributed by atoms with E-state index in [4.69, 9.17) is 21.1 Å². The van der Waals surface area contributed by atoms with Crippen molar-refractivity contribution >= 4 is 29.2 Å². The lowest BCUT2D eigenvalue weighted by Crippen LogP contribution is -2.27. The van der Waals surface area contributed by atoms with Crippen LogP contribution in [0.5, 0.6) is 11.5 Å². The molecule has 0 fully saturated rings. The summed E-state index contributed by atoms with van der Waals surface area (Å²) in [4.78, 5) is 24.3. The predicted molar refractivity (Wildman–Crippen MR) is 118 cm³/mol. The smallest absolute Gasteiger partial charge is 0.337 e. The molecule has 0 bridgehead atoms. The molecule has 6 nitrogen and oxygen atoms in total. The lowest BCUT2D eigenvalue weighted by Gasteiger charge is -2.28. The van der Waals surface area contributed by atoms with Crippen LogP contribution in [-0.4, -0.2) is 30.2 Å². The molecular formula is C23H28ClNO5. The van der Waals surface area contributed by atoms with E-state index in [0.29, 0.717) is 28.3 Å². The van der Waals surface area contributed by atoms with Gasteiger partial charge in [0.15, 0.2) is 11.5 Å². The van der Waals surface area contributed by atoms with E-state index in [1.165, 1.54) is 13.2 Å². The molecule has 1 amide bonds. The summed E-state index contributed by atoms with van der Waals surface area (Å²) in [6, 6.07) is 9.53. The zero-order valence-corrected chi connectivity index (χ0v) is 19.1. The topological polar surface area (TPSA) is 73.9 Å². The molecule has 0 atom stereocenters. The summed E-state index contributed by atoms with van der Waals surface area (Å²) in [7, 11) is 1.31. The van der Waals surface area contributed by atoms with Crippen LogP contribution >= 0.6 is 11.6 Å². The van der Waals surface area contributed by atoms with E-state index in [0.717, 1.165) is 0 Å². The first-order chi connectivity index (χ1) is 13.8. The number of benzene rings is 2. The molecule has 2 aromatic carbocycles. The molecule has 1 N–H and O–H groups in total. The Morgan fingerprint density at radius 1 is 0.867 bits per heavy atom. The Morgan fingerprint density at radius 2 is 1.43 bits per heavy atom. The first-order valence-electron chi connectivity index (χ1n) is 9.50. The second kappa shape index (κ2) is 8.96. The van der Waals surface area contributed by atoms with Gasteiger partial charge in [-0.2, -0.15) is 0 Å². The van der Waals surface area contributed by atoms with Gasteiger partial charge >= 0.3 is 5.97 Å². The molecule has 0 aromatic heterocycles. The van der Waals surface area contributed by atoms with Crippen LogP contribution in [0.1, 0.15) is 62.3 Å². The Morgan fingerprint density at radius 3 is 1.93 bits per heavy atom. The minimum absolute atomic E-state index is 0.276. The maximum Gasteiger partial charge on any atom is 0.337 e. The third-order valence-electron chi connectivity index (χ3n) is 3.66. The van der Waals surface area contributed by atoms with Crippen LogP contribution in [0.15, 0.2) is 36.4 Å². The molecule has 0 heterocycles. The molecule has 0 radical (unpaired) electrons. The molecule has 0 aliphatic carbocycles. The average molecular weight is 434 g/mol. The summed E-state index contributed by atoms with van der Waals surface area (Å²) >= 11 is 6.45. The van der Waals surface area contributed by atoms with Crippen LogP contribution in [-0.2, 0) is 4.74 Å². The van der Waals surface area contributed by atoms with Gasteiger partial charge in [-0.3, -0.25) is 4.79 Å². The van der Waals surface area contributed by atoms with Gasteiger partial charge in [-0.05, 0) is 77.9 Å². The second-order valence-corrected chi connectivity index (χ2v) is 9.14. The van der Waals surface area contributed by atoms with Crippen LogP contribution in [0, 0.1) is 0 Å². The zero-order valence-electron chi connectivity index (χ0n) is 18.4. The Bertz CT molecular complexity index is 924. The van der Waals surface area contributed by atoms with Gasteiger partial charge < -0.3 is 19.5 Å². The highest BCUT2D eigenvalue weighted by Crippen LogP contribution is 2.40. The van der Waals surface area contributed by atoms with Crippen LogP contribution in [0.25, 0.3) is 0 Å². The van der Waals surface area contributed by atoms with Crippen molar-refractivity contribution in [1.29, 1.82) is 0 Å².